The molecule has 0 aliphatic heterocycles. The van der Waals surface area contributed by atoms with Crippen LogP contribution in [0.4, 0.5) is 0 Å². The average molecular weight is 180 g/mol. The number of benzene rings is 1. The van der Waals surface area contributed by atoms with E-state index in [2.05, 4.69) is 38.1 Å². The summed E-state index contributed by atoms with van der Waals surface area (Å²) in [7, 11) is 0. The molecule has 12 heavy (non-hydrogen) atoms. The molecule has 0 heterocycles. The van der Waals surface area contributed by atoms with Crippen molar-refractivity contribution in [2.75, 3.05) is 5.75 Å². The first-order valence-corrected chi connectivity index (χ1v) is 5.61. The SMILES string of the molecule is CCCSCc1ccc(C)cc1. The Morgan fingerprint density at radius 1 is 1.17 bits per heavy atom. The number of aryl methyl sites for hydroxylation is 1. The van der Waals surface area contributed by atoms with Crippen LogP contribution in [0.5, 0.6) is 0 Å². The first-order chi connectivity index (χ1) is 5.83. The van der Waals surface area contributed by atoms with Gasteiger partial charge in [0.2, 0.25) is 0 Å². The van der Waals surface area contributed by atoms with Crippen LogP contribution in [0.2, 0.25) is 0 Å². The minimum Gasteiger partial charge on any atom is -0.157 e. The fourth-order valence-corrected chi connectivity index (χ4v) is 1.88. The fraction of sp³-hybridized carbons (Fsp3) is 0.455. The molecule has 1 heteroatoms. The molecule has 0 aliphatic rings. The zero-order chi connectivity index (χ0) is 8.81. The van der Waals surface area contributed by atoms with E-state index >= 15 is 0 Å². The van der Waals surface area contributed by atoms with Crippen LogP contribution in [0, 0.1) is 6.92 Å². The third-order valence-electron chi connectivity index (χ3n) is 1.74. The first kappa shape index (κ1) is 9.66. The molecule has 1 aromatic carbocycles. The highest BCUT2D eigenvalue weighted by Gasteiger charge is 1.91. The Morgan fingerprint density at radius 3 is 2.42 bits per heavy atom. The molecule has 0 nitrogen and oxygen atoms in total. The second-order valence-electron chi connectivity index (χ2n) is 3.04. The van der Waals surface area contributed by atoms with Gasteiger partial charge in [-0.1, -0.05) is 36.8 Å². The summed E-state index contributed by atoms with van der Waals surface area (Å²) in [6.45, 7) is 4.35. The maximum atomic E-state index is 2.22. The van der Waals surface area contributed by atoms with Crippen molar-refractivity contribution in [2.45, 2.75) is 26.0 Å². The molecule has 0 saturated carbocycles. The lowest BCUT2D eigenvalue weighted by Crippen LogP contribution is -1.82. The smallest absolute Gasteiger partial charge is 0.0184 e. The number of hydrogen-bond donors (Lipinski definition) is 0. The summed E-state index contributed by atoms with van der Waals surface area (Å²) in [6.07, 6.45) is 1.27. The highest BCUT2D eigenvalue weighted by atomic mass is 32.2. The van der Waals surface area contributed by atoms with Crippen molar-refractivity contribution in [3.63, 3.8) is 0 Å². The molecule has 66 valence electrons. The van der Waals surface area contributed by atoms with Crippen molar-refractivity contribution in [3.8, 4) is 0 Å². The van der Waals surface area contributed by atoms with Gasteiger partial charge >= 0.3 is 0 Å². The molecule has 0 radical (unpaired) electrons. The van der Waals surface area contributed by atoms with Crippen molar-refractivity contribution < 1.29 is 0 Å². The molecule has 1 aromatic rings. The van der Waals surface area contributed by atoms with E-state index in [1.807, 2.05) is 11.8 Å². The van der Waals surface area contributed by atoms with Gasteiger partial charge in [-0.3, -0.25) is 0 Å². The monoisotopic (exact) mass is 180 g/mol. The van der Waals surface area contributed by atoms with Crippen molar-refractivity contribution in [2.24, 2.45) is 0 Å². The molecule has 0 atom stereocenters. The lowest BCUT2D eigenvalue weighted by atomic mass is 10.2. The first-order valence-electron chi connectivity index (χ1n) is 4.46. The standard InChI is InChI=1S/C11H16S/c1-3-8-12-9-11-6-4-10(2)5-7-11/h4-7H,3,8-9H2,1-2H3. The Labute approximate surface area is 79.4 Å². The van der Waals surface area contributed by atoms with Crippen LogP contribution in [-0.2, 0) is 5.75 Å². The summed E-state index contributed by atoms with van der Waals surface area (Å²) in [5.74, 6) is 2.43. The van der Waals surface area contributed by atoms with Crippen LogP contribution in [-0.4, -0.2) is 5.75 Å². The highest BCUT2D eigenvalue weighted by Crippen LogP contribution is 2.13. The number of rotatable bonds is 4. The second-order valence-corrected chi connectivity index (χ2v) is 4.14. The molecule has 0 fully saturated rings. The Kier molecular flexibility index (Phi) is 4.23. The lowest BCUT2D eigenvalue weighted by molar-refractivity contribution is 1.10. The normalized spacial score (nSPS) is 10.2. The maximum absolute atomic E-state index is 2.22. The molecular weight excluding hydrogens is 164 g/mol. The van der Waals surface area contributed by atoms with Crippen molar-refractivity contribution >= 4 is 11.8 Å². The topological polar surface area (TPSA) is 0 Å². The zero-order valence-electron chi connectivity index (χ0n) is 7.84. The molecule has 0 amide bonds. The summed E-state index contributed by atoms with van der Waals surface area (Å²) in [6, 6.07) is 8.81. The lowest BCUT2D eigenvalue weighted by Gasteiger charge is -2.00. The quantitative estimate of drug-likeness (QED) is 0.637. The van der Waals surface area contributed by atoms with E-state index in [-0.39, 0.29) is 0 Å². The van der Waals surface area contributed by atoms with E-state index in [0.29, 0.717) is 0 Å². The van der Waals surface area contributed by atoms with Crippen LogP contribution >= 0.6 is 11.8 Å². The van der Waals surface area contributed by atoms with Crippen LogP contribution < -0.4 is 0 Å². The van der Waals surface area contributed by atoms with Gasteiger partial charge in [-0.05, 0) is 24.7 Å². The third-order valence-corrected chi connectivity index (χ3v) is 2.97. The molecular formula is C11H16S. The predicted octanol–water partition coefficient (Wildman–Crippen LogP) is 3.64. The van der Waals surface area contributed by atoms with Gasteiger partial charge in [-0.25, -0.2) is 0 Å². The molecule has 0 bridgehead atoms. The summed E-state index contributed by atoms with van der Waals surface area (Å²) < 4.78 is 0. The minimum atomic E-state index is 1.16. The van der Waals surface area contributed by atoms with Gasteiger partial charge in [0.15, 0.2) is 0 Å². The Bertz CT molecular complexity index is 213. The van der Waals surface area contributed by atoms with Crippen molar-refractivity contribution in [3.05, 3.63) is 35.4 Å². The van der Waals surface area contributed by atoms with Gasteiger partial charge < -0.3 is 0 Å². The summed E-state index contributed by atoms with van der Waals surface area (Å²) in [5, 5.41) is 0. The Balaban J connectivity index is 2.37. The van der Waals surface area contributed by atoms with Gasteiger partial charge in [-0.15, -0.1) is 0 Å². The summed E-state index contributed by atoms with van der Waals surface area (Å²) in [4.78, 5) is 0. The molecule has 0 unspecified atom stereocenters. The molecule has 0 N–H and O–H groups in total. The van der Waals surface area contributed by atoms with Crippen molar-refractivity contribution in [1.29, 1.82) is 0 Å². The largest absolute Gasteiger partial charge is 0.157 e. The average Bonchev–Trinajstić information content (AvgIpc) is 2.09. The molecule has 1 rings (SSSR count). The molecule has 0 aliphatic carbocycles. The van der Waals surface area contributed by atoms with Gasteiger partial charge in [0.05, 0.1) is 0 Å². The van der Waals surface area contributed by atoms with Crippen LogP contribution in [0.15, 0.2) is 24.3 Å². The van der Waals surface area contributed by atoms with E-state index in [4.69, 9.17) is 0 Å². The Hall–Kier alpha value is -0.430. The van der Waals surface area contributed by atoms with Gasteiger partial charge in [-0.2, -0.15) is 11.8 Å². The summed E-state index contributed by atoms with van der Waals surface area (Å²) in [5.41, 5.74) is 2.79. The van der Waals surface area contributed by atoms with E-state index in [9.17, 15) is 0 Å². The maximum Gasteiger partial charge on any atom is 0.0184 e. The fourth-order valence-electron chi connectivity index (χ4n) is 1.02. The zero-order valence-corrected chi connectivity index (χ0v) is 8.66. The van der Waals surface area contributed by atoms with E-state index < -0.39 is 0 Å². The number of thioether (sulfide) groups is 1. The van der Waals surface area contributed by atoms with E-state index in [1.165, 1.54) is 23.3 Å². The van der Waals surface area contributed by atoms with Gasteiger partial charge in [0.25, 0.3) is 0 Å². The van der Waals surface area contributed by atoms with Gasteiger partial charge in [0.1, 0.15) is 0 Å². The molecule has 0 saturated heterocycles. The number of hydrogen-bond acceptors (Lipinski definition) is 1. The van der Waals surface area contributed by atoms with Crippen LogP contribution in [0.1, 0.15) is 24.5 Å². The van der Waals surface area contributed by atoms with Crippen molar-refractivity contribution in [1.82, 2.24) is 0 Å². The van der Waals surface area contributed by atoms with Crippen LogP contribution in [0.3, 0.4) is 0 Å². The van der Waals surface area contributed by atoms with Crippen LogP contribution in [0.25, 0.3) is 0 Å². The Morgan fingerprint density at radius 2 is 1.83 bits per heavy atom. The summed E-state index contributed by atoms with van der Waals surface area (Å²) >= 11 is 2.01. The predicted molar refractivity (Wildman–Crippen MR) is 57.6 cm³/mol. The molecule has 0 spiro atoms. The minimum absolute atomic E-state index is 1.16. The van der Waals surface area contributed by atoms with Gasteiger partial charge in [0, 0.05) is 5.75 Å². The third kappa shape index (κ3) is 3.31. The second kappa shape index (κ2) is 5.26. The van der Waals surface area contributed by atoms with E-state index in [1.54, 1.807) is 0 Å². The molecule has 0 aromatic heterocycles. The van der Waals surface area contributed by atoms with E-state index in [0.717, 1.165) is 5.75 Å². The highest BCUT2D eigenvalue weighted by molar-refractivity contribution is 7.98.